The number of nitrogens with one attached hydrogen (secondary N) is 2. The summed E-state index contributed by atoms with van der Waals surface area (Å²) in [4.78, 5) is 27.7. The third kappa shape index (κ3) is 3.59. The van der Waals surface area contributed by atoms with Gasteiger partial charge in [-0.25, -0.2) is 0 Å². The van der Waals surface area contributed by atoms with E-state index in [0.29, 0.717) is 16.9 Å². The van der Waals surface area contributed by atoms with Crippen LogP contribution < -0.4 is 11.1 Å². The zero-order valence-corrected chi connectivity index (χ0v) is 14.8. The van der Waals surface area contributed by atoms with E-state index in [1.165, 1.54) is 0 Å². The molecule has 0 saturated heterocycles. The van der Waals surface area contributed by atoms with Crippen molar-refractivity contribution in [1.29, 1.82) is 0 Å². The summed E-state index contributed by atoms with van der Waals surface area (Å²) in [6.45, 7) is 0. The zero-order valence-electron chi connectivity index (χ0n) is 14.8. The van der Waals surface area contributed by atoms with Crippen LogP contribution in [-0.4, -0.2) is 27.0 Å². The monoisotopic (exact) mass is 371 g/mol. The highest BCUT2D eigenvalue weighted by Crippen LogP contribution is 2.28. The molecule has 0 aliphatic carbocycles. The lowest BCUT2D eigenvalue weighted by molar-refractivity contribution is -0.115. The van der Waals surface area contributed by atoms with Crippen molar-refractivity contribution in [3.8, 4) is 11.3 Å². The average molecular weight is 371 g/mol. The SMILES string of the molecule is NC(=O)c1ccc2[nH]nc(-c3cccc(NC(=O)Cc4ccncc4)c3)c2c1. The number of nitrogens with two attached hydrogens (primary N) is 1. The molecule has 2 aromatic heterocycles. The first kappa shape index (κ1) is 17.4. The lowest BCUT2D eigenvalue weighted by Gasteiger charge is -2.07. The van der Waals surface area contributed by atoms with Gasteiger partial charge in [0, 0.05) is 34.6 Å². The summed E-state index contributed by atoms with van der Waals surface area (Å²) >= 11 is 0. The molecule has 0 saturated carbocycles. The van der Waals surface area contributed by atoms with Crippen LogP contribution in [0.1, 0.15) is 15.9 Å². The maximum absolute atomic E-state index is 12.3. The van der Waals surface area contributed by atoms with Gasteiger partial charge in [-0.3, -0.25) is 19.7 Å². The number of primary amides is 1. The third-order valence-corrected chi connectivity index (χ3v) is 4.38. The van der Waals surface area contributed by atoms with E-state index in [1.807, 2.05) is 36.4 Å². The molecular formula is C21H17N5O2. The van der Waals surface area contributed by atoms with Crippen molar-refractivity contribution >= 4 is 28.4 Å². The minimum Gasteiger partial charge on any atom is -0.366 e. The first-order valence-corrected chi connectivity index (χ1v) is 8.67. The Morgan fingerprint density at radius 2 is 1.86 bits per heavy atom. The maximum atomic E-state index is 12.3. The van der Waals surface area contributed by atoms with Crippen molar-refractivity contribution in [2.45, 2.75) is 6.42 Å². The minimum absolute atomic E-state index is 0.119. The molecule has 138 valence electrons. The first-order valence-electron chi connectivity index (χ1n) is 8.67. The number of aromatic amines is 1. The Morgan fingerprint density at radius 1 is 1.04 bits per heavy atom. The van der Waals surface area contributed by atoms with Gasteiger partial charge in [-0.05, 0) is 48.0 Å². The van der Waals surface area contributed by atoms with Crippen molar-refractivity contribution in [3.05, 3.63) is 78.1 Å². The van der Waals surface area contributed by atoms with Crippen LogP contribution in [0.5, 0.6) is 0 Å². The van der Waals surface area contributed by atoms with Crippen molar-refractivity contribution < 1.29 is 9.59 Å². The highest BCUT2D eigenvalue weighted by Gasteiger charge is 2.12. The molecular weight excluding hydrogens is 354 g/mol. The molecule has 28 heavy (non-hydrogen) atoms. The average Bonchev–Trinajstić information content (AvgIpc) is 3.12. The smallest absolute Gasteiger partial charge is 0.248 e. The van der Waals surface area contributed by atoms with Crippen LogP contribution in [0.25, 0.3) is 22.2 Å². The van der Waals surface area contributed by atoms with E-state index in [0.717, 1.165) is 22.0 Å². The number of aromatic nitrogens is 3. The number of hydrogen-bond acceptors (Lipinski definition) is 4. The largest absolute Gasteiger partial charge is 0.366 e. The van der Waals surface area contributed by atoms with Gasteiger partial charge in [-0.1, -0.05) is 12.1 Å². The molecule has 0 spiro atoms. The number of pyridine rings is 1. The van der Waals surface area contributed by atoms with E-state index >= 15 is 0 Å². The topological polar surface area (TPSA) is 114 Å². The molecule has 4 rings (SSSR count). The van der Waals surface area contributed by atoms with E-state index in [2.05, 4.69) is 20.5 Å². The Morgan fingerprint density at radius 3 is 2.64 bits per heavy atom. The number of carbonyl (C=O) groups excluding carboxylic acids is 2. The molecule has 4 aromatic rings. The lowest BCUT2D eigenvalue weighted by atomic mass is 10.0. The molecule has 0 aliphatic heterocycles. The molecule has 0 atom stereocenters. The fourth-order valence-corrected chi connectivity index (χ4v) is 3.02. The summed E-state index contributed by atoms with van der Waals surface area (Å²) in [5.74, 6) is -0.613. The van der Waals surface area contributed by atoms with Gasteiger partial charge in [0.1, 0.15) is 0 Å². The molecule has 2 heterocycles. The molecule has 4 N–H and O–H groups in total. The fraction of sp³-hybridized carbons (Fsp3) is 0.0476. The third-order valence-electron chi connectivity index (χ3n) is 4.38. The number of H-pyrrole nitrogens is 1. The van der Waals surface area contributed by atoms with Gasteiger partial charge in [0.25, 0.3) is 0 Å². The number of fused-ring (bicyclic) bond motifs is 1. The van der Waals surface area contributed by atoms with Crippen molar-refractivity contribution in [2.24, 2.45) is 5.73 Å². The van der Waals surface area contributed by atoms with E-state index in [-0.39, 0.29) is 12.3 Å². The highest BCUT2D eigenvalue weighted by atomic mass is 16.1. The molecule has 0 fully saturated rings. The second-order valence-corrected chi connectivity index (χ2v) is 6.36. The predicted octanol–water partition coefficient (Wildman–Crippen LogP) is 2.91. The van der Waals surface area contributed by atoms with Crippen LogP contribution in [0.2, 0.25) is 0 Å². The molecule has 7 heteroatoms. The summed E-state index contributed by atoms with van der Waals surface area (Å²) in [5, 5.41) is 11.0. The van der Waals surface area contributed by atoms with Crippen LogP contribution in [-0.2, 0) is 11.2 Å². The van der Waals surface area contributed by atoms with Gasteiger partial charge in [-0.2, -0.15) is 5.10 Å². The van der Waals surface area contributed by atoms with Crippen molar-refractivity contribution in [2.75, 3.05) is 5.32 Å². The van der Waals surface area contributed by atoms with Gasteiger partial charge in [-0.15, -0.1) is 0 Å². The number of anilines is 1. The summed E-state index contributed by atoms with van der Waals surface area (Å²) in [5.41, 5.74) is 9.65. The Labute approximate surface area is 160 Å². The number of carbonyl (C=O) groups is 2. The molecule has 0 radical (unpaired) electrons. The second kappa shape index (κ2) is 7.32. The summed E-state index contributed by atoms with van der Waals surface area (Å²) in [7, 11) is 0. The van der Waals surface area contributed by atoms with Gasteiger partial charge in [0.05, 0.1) is 17.6 Å². The quantitative estimate of drug-likeness (QED) is 0.500. The summed E-state index contributed by atoms with van der Waals surface area (Å²) < 4.78 is 0. The van der Waals surface area contributed by atoms with Crippen LogP contribution in [0, 0.1) is 0 Å². The van der Waals surface area contributed by atoms with Crippen molar-refractivity contribution in [1.82, 2.24) is 15.2 Å². The van der Waals surface area contributed by atoms with E-state index in [1.54, 1.807) is 30.6 Å². The zero-order chi connectivity index (χ0) is 19.5. The van der Waals surface area contributed by atoms with E-state index < -0.39 is 5.91 Å². The molecule has 0 bridgehead atoms. The summed E-state index contributed by atoms with van der Waals surface area (Å²) in [6, 6.07) is 16.2. The number of amides is 2. The lowest BCUT2D eigenvalue weighted by Crippen LogP contribution is -2.14. The van der Waals surface area contributed by atoms with E-state index in [4.69, 9.17) is 5.73 Å². The normalized spacial score (nSPS) is 10.7. The van der Waals surface area contributed by atoms with Gasteiger partial charge in [0.15, 0.2) is 0 Å². The number of rotatable bonds is 5. The Bertz CT molecular complexity index is 1170. The van der Waals surface area contributed by atoms with E-state index in [9.17, 15) is 9.59 Å². The maximum Gasteiger partial charge on any atom is 0.248 e. The highest BCUT2D eigenvalue weighted by molar-refractivity contribution is 6.01. The van der Waals surface area contributed by atoms with Crippen molar-refractivity contribution in [3.63, 3.8) is 0 Å². The summed E-state index contributed by atoms with van der Waals surface area (Å²) in [6.07, 6.45) is 3.58. The number of benzene rings is 2. The molecule has 7 nitrogen and oxygen atoms in total. The minimum atomic E-state index is -0.494. The molecule has 2 amide bonds. The predicted molar refractivity (Wildman–Crippen MR) is 107 cm³/mol. The van der Waals surface area contributed by atoms with Gasteiger partial charge >= 0.3 is 0 Å². The fourth-order valence-electron chi connectivity index (χ4n) is 3.02. The van der Waals surface area contributed by atoms with Gasteiger partial charge in [0.2, 0.25) is 11.8 Å². The van der Waals surface area contributed by atoms with Gasteiger partial charge < -0.3 is 11.1 Å². The Hall–Kier alpha value is -4.00. The number of nitrogens with zero attached hydrogens (tertiary/aromatic N) is 2. The van der Waals surface area contributed by atoms with Crippen LogP contribution in [0.3, 0.4) is 0 Å². The van der Waals surface area contributed by atoms with Crippen LogP contribution in [0.15, 0.2) is 67.0 Å². The molecule has 2 aromatic carbocycles. The standard InChI is InChI=1S/C21H17N5O2/c22-21(28)15-4-5-18-17(12-15)20(26-25-18)14-2-1-3-16(11-14)24-19(27)10-13-6-8-23-9-7-13/h1-9,11-12H,10H2,(H2,22,28)(H,24,27)(H,25,26). The molecule has 0 unspecified atom stereocenters. The Balaban J connectivity index is 1.60. The van der Waals surface area contributed by atoms with Crippen LogP contribution >= 0.6 is 0 Å². The number of hydrogen-bond donors (Lipinski definition) is 3. The first-order chi connectivity index (χ1) is 13.6. The molecule has 0 aliphatic rings. The second-order valence-electron chi connectivity index (χ2n) is 6.36. The Kier molecular flexibility index (Phi) is 4.55. The van der Waals surface area contributed by atoms with Crippen LogP contribution in [0.4, 0.5) is 5.69 Å².